The fourth-order valence-corrected chi connectivity index (χ4v) is 5.63. The third-order valence-corrected chi connectivity index (χ3v) is 7.49. The number of hydrogen-bond acceptors (Lipinski definition) is 4. The van der Waals surface area contributed by atoms with E-state index in [0.717, 1.165) is 16.9 Å². The van der Waals surface area contributed by atoms with Crippen molar-refractivity contribution in [2.45, 2.75) is 25.8 Å². The van der Waals surface area contributed by atoms with E-state index in [-0.39, 0.29) is 24.4 Å². The van der Waals surface area contributed by atoms with Crippen molar-refractivity contribution < 1.29 is 9.59 Å². The SMILES string of the molecule is C=CCN(CC(=O)N1CCc2sccc2C1c1ccc(C)cc1)C(=O)Cc1cccs1. The maximum absolute atomic E-state index is 13.5. The van der Waals surface area contributed by atoms with Crippen LogP contribution in [0, 0.1) is 6.92 Å². The molecule has 1 aromatic carbocycles. The van der Waals surface area contributed by atoms with Crippen LogP contribution in [-0.4, -0.2) is 41.2 Å². The maximum atomic E-state index is 13.5. The Balaban J connectivity index is 1.56. The van der Waals surface area contributed by atoms with Crippen molar-refractivity contribution in [2.75, 3.05) is 19.6 Å². The fraction of sp³-hybridized carbons (Fsp3) is 0.280. The summed E-state index contributed by atoms with van der Waals surface area (Å²) in [6.07, 6.45) is 2.85. The second-order valence-corrected chi connectivity index (χ2v) is 9.80. The molecule has 0 N–H and O–H groups in total. The molecule has 1 aliphatic rings. The summed E-state index contributed by atoms with van der Waals surface area (Å²) in [6, 6.07) is 14.3. The van der Waals surface area contributed by atoms with E-state index in [1.807, 2.05) is 22.4 Å². The molecule has 2 aromatic heterocycles. The number of carbonyl (C=O) groups is 2. The number of benzene rings is 1. The van der Waals surface area contributed by atoms with Gasteiger partial charge in [0.2, 0.25) is 11.8 Å². The Morgan fingerprint density at radius 2 is 1.97 bits per heavy atom. The minimum absolute atomic E-state index is 0.0243. The summed E-state index contributed by atoms with van der Waals surface area (Å²) in [7, 11) is 0. The number of rotatable bonds is 7. The van der Waals surface area contributed by atoms with Crippen LogP contribution in [0.4, 0.5) is 0 Å². The van der Waals surface area contributed by atoms with Gasteiger partial charge in [-0.2, -0.15) is 0 Å². The highest BCUT2D eigenvalue weighted by Gasteiger charge is 2.33. The Labute approximate surface area is 191 Å². The molecule has 160 valence electrons. The third-order valence-electron chi connectivity index (χ3n) is 5.61. The minimum Gasteiger partial charge on any atom is -0.330 e. The Morgan fingerprint density at radius 3 is 2.68 bits per heavy atom. The van der Waals surface area contributed by atoms with Gasteiger partial charge in [-0.25, -0.2) is 0 Å². The van der Waals surface area contributed by atoms with Gasteiger partial charge in [-0.1, -0.05) is 42.0 Å². The molecule has 0 bridgehead atoms. The van der Waals surface area contributed by atoms with E-state index in [0.29, 0.717) is 19.5 Å². The van der Waals surface area contributed by atoms with Crippen LogP contribution in [0.3, 0.4) is 0 Å². The second kappa shape index (κ2) is 9.62. The summed E-state index contributed by atoms with van der Waals surface area (Å²) >= 11 is 3.31. The van der Waals surface area contributed by atoms with Gasteiger partial charge in [-0.3, -0.25) is 9.59 Å². The monoisotopic (exact) mass is 450 g/mol. The summed E-state index contributed by atoms with van der Waals surface area (Å²) in [5.41, 5.74) is 3.51. The van der Waals surface area contributed by atoms with Crippen molar-refractivity contribution in [2.24, 2.45) is 0 Å². The molecule has 3 aromatic rings. The number of fused-ring (bicyclic) bond motifs is 1. The molecule has 4 rings (SSSR count). The lowest BCUT2D eigenvalue weighted by Gasteiger charge is -2.37. The molecule has 0 spiro atoms. The average molecular weight is 451 g/mol. The highest BCUT2D eigenvalue weighted by molar-refractivity contribution is 7.10. The van der Waals surface area contributed by atoms with Crippen LogP contribution in [-0.2, 0) is 22.4 Å². The van der Waals surface area contributed by atoms with Gasteiger partial charge >= 0.3 is 0 Å². The molecule has 31 heavy (non-hydrogen) atoms. The van der Waals surface area contributed by atoms with E-state index in [1.54, 1.807) is 33.6 Å². The number of nitrogens with zero attached hydrogens (tertiary/aromatic N) is 2. The Bertz CT molecular complexity index is 1050. The van der Waals surface area contributed by atoms with E-state index >= 15 is 0 Å². The number of amides is 2. The van der Waals surface area contributed by atoms with Crippen LogP contribution >= 0.6 is 22.7 Å². The third kappa shape index (κ3) is 4.81. The summed E-state index contributed by atoms with van der Waals surface area (Å²) in [5.74, 6) is -0.0698. The molecule has 0 saturated heterocycles. The van der Waals surface area contributed by atoms with Gasteiger partial charge in [0.1, 0.15) is 6.54 Å². The van der Waals surface area contributed by atoms with E-state index in [1.165, 1.54) is 16.0 Å². The zero-order valence-corrected chi connectivity index (χ0v) is 19.3. The van der Waals surface area contributed by atoms with Crippen molar-refractivity contribution in [3.8, 4) is 0 Å². The molecule has 0 fully saturated rings. The minimum atomic E-state index is -0.110. The second-order valence-electron chi connectivity index (χ2n) is 7.77. The number of carbonyl (C=O) groups excluding carboxylic acids is 2. The first kappa shape index (κ1) is 21.5. The molecule has 0 saturated carbocycles. The predicted molar refractivity (Wildman–Crippen MR) is 128 cm³/mol. The molecule has 3 heterocycles. The van der Waals surface area contributed by atoms with Crippen molar-refractivity contribution in [3.63, 3.8) is 0 Å². The van der Waals surface area contributed by atoms with Crippen LogP contribution in [0.5, 0.6) is 0 Å². The van der Waals surface area contributed by atoms with Gasteiger partial charge in [0, 0.05) is 22.8 Å². The van der Waals surface area contributed by atoms with Gasteiger partial charge in [0.05, 0.1) is 12.5 Å². The van der Waals surface area contributed by atoms with Crippen LogP contribution in [0.1, 0.15) is 32.5 Å². The molecule has 6 heteroatoms. The molecule has 1 aliphatic heterocycles. The summed E-state index contributed by atoms with van der Waals surface area (Å²) in [6.45, 7) is 6.93. The molecule has 1 unspecified atom stereocenters. The molecule has 0 aliphatic carbocycles. The summed E-state index contributed by atoms with van der Waals surface area (Å²) in [5, 5.41) is 4.07. The smallest absolute Gasteiger partial charge is 0.243 e. The van der Waals surface area contributed by atoms with Gasteiger partial charge in [-0.15, -0.1) is 29.3 Å². The lowest BCUT2D eigenvalue weighted by molar-refractivity contribution is -0.141. The Kier molecular flexibility index (Phi) is 6.68. The van der Waals surface area contributed by atoms with Crippen LogP contribution in [0.15, 0.2) is 65.9 Å². The van der Waals surface area contributed by atoms with Crippen molar-refractivity contribution in [1.82, 2.24) is 9.80 Å². The summed E-state index contributed by atoms with van der Waals surface area (Å²) in [4.78, 5) is 32.3. The zero-order chi connectivity index (χ0) is 21.8. The topological polar surface area (TPSA) is 40.6 Å². The zero-order valence-electron chi connectivity index (χ0n) is 17.6. The predicted octanol–water partition coefficient (Wildman–Crippen LogP) is 4.85. The van der Waals surface area contributed by atoms with Gasteiger partial charge in [-0.05, 0) is 47.4 Å². The first-order valence-corrected chi connectivity index (χ1v) is 12.2. The number of aryl methyl sites for hydroxylation is 1. The van der Waals surface area contributed by atoms with E-state index < -0.39 is 0 Å². The highest BCUT2D eigenvalue weighted by Crippen LogP contribution is 2.38. The molecular weight excluding hydrogens is 424 g/mol. The lowest BCUT2D eigenvalue weighted by atomic mass is 9.92. The molecular formula is C25H26N2O2S2. The first-order valence-electron chi connectivity index (χ1n) is 10.4. The van der Waals surface area contributed by atoms with Crippen molar-refractivity contribution in [1.29, 1.82) is 0 Å². The first-order chi connectivity index (χ1) is 15.1. The molecule has 0 radical (unpaired) electrons. The van der Waals surface area contributed by atoms with Crippen LogP contribution < -0.4 is 0 Å². The summed E-state index contributed by atoms with van der Waals surface area (Å²) < 4.78 is 0. The van der Waals surface area contributed by atoms with Crippen LogP contribution in [0.2, 0.25) is 0 Å². The molecule has 2 amide bonds. The Hall–Kier alpha value is -2.70. The molecule has 1 atom stereocenters. The van der Waals surface area contributed by atoms with Gasteiger partial charge in [0.15, 0.2) is 0 Å². The van der Waals surface area contributed by atoms with Crippen molar-refractivity contribution >= 4 is 34.5 Å². The molecule has 4 nitrogen and oxygen atoms in total. The standard InChI is InChI=1S/C25H26N2O2S2/c1-3-12-26(23(28)16-20-5-4-14-30-20)17-24(29)27-13-10-22-21(11-15-31-22)25(27)19-8-6-18(2)7-9-19/h3-9,11,14-15,25H,1,10,12-13,16-17H2,2H3. The Morgan fingerprint density at radius 1 is 1.16 bits per heavy atom. The van der Waals surface area contributed by atoms with Crippen molar-refractivity contribution in [3.05, 3.63) is 92.3 Å². The highest BCUT2D eigenvalue weighted by atomic mass is 32.1. The lowest BCUT2D eigenvalue weighted by Crippen LogP contribution is -2.47. The fourth-order valence-electron chi connectivity index (χ4n) is 4.03. The van der Waals surface area contributed by atoms with E-state index in [9.17, 15) is 9.59 Å². The average Bonchev–Trinajstić information content (AvgIpc) is 3.45. The quantitative estimate of drug-likeness (QED) is 0.483. The number of thiophene rings is 2. The number of hydrogen-bond donors (Lipinski definition) is 0. The maximum Gasteiger partial charge on any atom is 0.243 e. The van der Waals surface area contributed by atoms with Gasteiger partial charge in [0.25, 0.3) is 0 Å². The van der Waals surface area contributed by atoms with Gasteiger partial charge < -0.3 is 9.80 Å². The van der Waals surface area contributed by atoms with E-state index in [2.05, 4.69) is 49.2 Å². The van der Waals surface area contributed by atoms with E-state index in [4.69, 9.17) is 0 Å². The largest absolute Gasteiger partial charge is 0.330 e. The normalized spacial score (nSPS) is 15.4. The van der Waals surface area contributed by atoms with Crippen LogP contribution in [0.25, 0.3) is 0 Å².